The molecule has 0 saturated carbocycles. The maximum atomic E-state index is 11.5. The molecule has 2 amide bonds. The molecule has 74 valence electrons. The van der Waals surface area contributed by atoms with Crippen molar-refractivity contribution in [3.63, 3.8) is 0 Å². The van der Waals surface area contributed by atoms with Gasteiger partial charge in [-0.2, -0.15) is 5.10 Å². The van der Waals surface area contributed by atoms with Gasteiger partial charge in [-0.3, -0.25) is 14.7 Å². The highest BCUT2D eigenvalue weighted by Gasteiger charge is 2.34. The Balaban J connectivity index is 2.16. The van der Waals surface area contributed by atoms with Gasteiger partial charge in [0.25, 0.3) is 0 Å². The Labute approximate surface area is 80.1 Å². The van der Waals surface area contributed by atoms with Crippen molar-refractivity contribution < 1.29 is 9.59 Å². The van der Waals surface area contributed by atoms with Crippen LogP contribution in [0.5, 0.6) is 0 Å². The number of hydrogen-bond acceptors (Lipinski definition) is 3. The maximum Gasteiger partial charge on any atom is 0.227 e. The minimum absolute atomic E-state index is 0.0878. The molecule has 1 aromatic heterocycles. The van der Waals surface area contributed by atoms with E-state index >= 15 is 0 Å². The number of nitrogens with zero attached hydrogens (tertiary/aromatic N) is 2. The third-order valence-corrected chi connectivity index (χ3v) is 2.32. The SMILES string of the molecule is NC(=O)C1CC(=O)N(c2cn[nH]c2)C1. The van der Waals surface area contributed by atoms with Crippen molar-refractivity contribution in [3.05, 3.63) is 12.4 Å². The number of carbonyl (C=O) groups excluding carboxylic acids is 2. The Morgan fingerprint density at radius 2 is 2.50 bits per heavy atom. The monoisotopic (exact) mass is 194 g/mol. The number of nitrogens with one attached hydrogen (secondary N) is 1. The third kappa shape index (κ3) is 1.34. The van der Waals surface area contributed by atoms with Gasteiger partial charge in [0, 0.05) is 19.2 Å². The van der Waals surface area contributed by atoms with Gasteiger partial charge >= 0.3 is 0 Å². The average Bonchev–Trinajstić information content (AvgIpc) is 2.71. The van der Waals surface area contributed by atoms with Gasteiger partial charge in [-0.1, -0.05) is 0 Å². The van der Waals surface area contributed by atoms with Crippen molar-refractivity contribution >= 4 is 17.5 Å². The van der Waals surface area contributed by atoms with E-state index in [0.29, 0.717) is 12.2 Å². The quantitative estimate of drug-likeness (QED) is 0.648. The van der Waals surface area contributed by atoms with E-state index in [1.54, 1.807) is 12.4 Å². The molecule has 2 heterocycles. The van der Waals surface area contributed by atoms with Gasteiger partial charge in [0.05, 0.1) is 17.8 Å². The summed E-state index contributed by atoms with van der Waals surface area (Å²) in [5, 5.41) is 6.35. The number of rotatable bonds is 2. The van der Waals surface area contributed by atoms with Crippen molar-refractivity contribution in [1.29, 1.82) is 0 Å². The zero-order valence-electron chi connectivity index (χ0n) is 7.43. The third-order valence-electron chi connectivity index (χ3n) is 2.32. The number of H-pyrrole nitrogens is 1. The number of amides is 2. The second kappa shape index (κ2) is 3.13. The molecule has 14 heavy (non-hydrogen) atoms. The Morgan fingerprint density at radius 1 is 1.71 bits per heavy atom. The minimum atomic E-state index is -0.427. The van der Waals surface area contributed by atoms with Crippen molar-refractivity contribution in [1.82, 2.24) is 10.2 Å². The standard InChI is InChI=1S/C8H10N4O2/c9-8(14)5-1-7(13)12(4-5)6-2-10-11-3-6/h2-3,5H,1,4H2,(H2,9,14)(H,10,11). The summed E-state index contributed by atoms with van der Waals surface area (Å²) in [5.41, 5.74) is 5.81. The van der Waals surface area contributed by atoms with Crippen LogP contribution in [0.25, 0.3) is 0 Å². The average molecular weight is 194 g/mol. The van der Waals surface area contributed by atoms with Crippen LogP contribution in [0.1, 0.15) is 6.42 Å². The number of aromatic amines is 1. The molecule has 1 atom stereocenters. The summed E-state index contributed by atoms with van der Waals surface area (Å²) in [5.74, 6) is -0.892. The molecule has 0 radical (unpaired) electrons. The zero-order chi connectivity index (χ0) is 10.1. The van der Waals surface area contributed by atoms with Crippen LogP contribution in [-0.2, 0) is 9.59 Å². The molecule has 1 unspecified atom stereocenters. The number of primary amides is 1. The number of nitrogens with two attached hydrogens (primary N) is 1. The summed E-state index contributed by atoms with van der Waals surface area (Å²) in [4.78, 5) is 23.9. The number of carbonyl (C=O) groups is 2. The van der Waals surface area contributed by atoms with Gasteiger partial charge in [-0.05, 0) is 0 Å². The summed E-state index contributed by atoms with van der Waals surface area (Å²) < 4.78 is 0. The van der Waals surface area contributed by atoms with Crippen LogP contribution >= 0.6 is 0 Å². The fraction of sp³-hybridized carbons (Fsp3) is 0.375. The molecule has 1 aliphatic heterocycles. The molecule has 3 N–H and O–H groups in total. The lowest BCUT2D eigenvalue weighted by Gasteiger charge is -2.12. The first-order chi connectivity index (χ1) is 6.68. The van der Waals surface area contributed by atoms with Gasteiger partial charge in [-0.25, -0.2) is 0 Å². The Kier molecular flexibility index (Phi) is 1.95. The summed E-state index contributed by atoms with van der Waals surface area (Å²) in [7, 11) is 0. The van der Waals surface area contributed by atoms with Gasteiger partial charge in [0.2, 0.25) is 11.8 Å². The highest BCUT2D eigenvalue weighted by molar-refractivity contribution is 5.99. The number of aromatic nitrogens is 2. The van der Waals surface area contributed by atoms with Crippen molar-refractivity contribution in [2.24, 2.45) is 11.7 Å². The van der Waals surface area contributed by atoms with E-state index in [1.807, 2.05) is 0 Å². The van der Waals surface area contributed by atoms with Crippen LogP contribution < -0.4 is 10.6 Å². The molecule has 0 bridgehead atoms. The normalized spacial score (nSPS) is 21.6. The molecule has 1 saturated heterocycles. The van der Waals surface area contributed by atoms with Gasteiger partial charge in [-0.15, -0.1) is 0 Å². The molecular formula is C8H10N4O2. The fourth-order valence-electron chi connectivity index (χ4n) is 1.54. The van der Waals surface area contributed by atoms with Crippen LogP contribution in [0, 0.1) is 5.92 Å². The minimum Gasteiger partial charge on any atom is -0.369 e. The molecule has 2 rings (SSSR count). The van der Waals surface area contributed by atoms with E-state index in [2.05, 4.69) is 10.2 Å². The van der Waals surface area contributed by atoms with Crippen molar-refractivity contribution in [3.8, 4) is 0 Å². The smallest absolute Gasteiger partial charge is 0.227 e. The van der Waals surface area contributed by atoms with Crippen LogP contribution in [0.3, 0.4) is 0 Å². The summed E-state index contributed by atoms with van der Waals surface area (Å²) in [6, 6.07) is 0. The van der Waals surface area contributed by atoms with E-state index in [1.165, 1.54) is 4.90 Å². The highest BCUT2D eigenvalue weighted by atomic mass is 16.2. The second-order valence-electron chi connectivity index (χ2n) is 3.26. The van der Waals surface area contributed by atoms with E-state index in [9.17, 15) is 9.59 Å². The van der Waals surface area contributed by atoms with Crippen LogP contribution in [0.4, 0.5) is 5.69 Å². The first kappa shape index (κ1) is 8.74. The molecule has 1 aliphatic rings. The Morgan fingerprint density at radius 3 is 3.00 bits per heavy atom. The maximum absolute atomic E-state index is 11.5. The van der Waals surface area contributed by atoms with Crippen LogP contribution in [0.2, 0.25) is 0 Å². The van der Waals surface area contributed by atoms with Gasteiger partial charge < -0.3 is 10.6 Å². The Hall–Kier alpha value is -1.85. The second-order valence-corrected chi connectivity index (χ2v) is 3.26. The summed E-state index contributed by atoms with van der Waals surface area (Å²) in [6.07, 6.45) is 3.35. The molecule has 0 aliphatic carbocycles. The predicted molar refractivity (Wildman–Crippen MR) is 48.2 cm³/mol. The summed E-state index contributed by atoms with van der Waals surface area (Å²) >= 11 is 0. The number of hydrogen-bond donors (Lipinski definition) is 2. The highest BCUT2D eigenvalue weighted by Crippen LogP contribution is 2.23. The molecule has 6 nitrogen and oxygen atoms in total. The molecule has 1 aromatic rings. The van der Waals surface area contributed by atoms with E-state index < -0.39 is 5.91 Å². The van der Waals surface area contributed by atoms with E-state index in [4.69, 9.17) is 5.73 Å². The van der Waals surface area contributed by atoms with Gasteiger partial charge in [0.15, 0.2) is 0 Å². The largest absolute Gasteiger partial charge is 0.369 e. The van der Waals surface area contributed by atoms with Gasteiger partial charge in [0.1, 0.15) is 0 Å². The van der Waals surface area contributed by atoms with Crippen molar-refractivity contribution in [2.45, 2.75) is 6.42 Å². The predicted octanol–water partition coefficient (Wildman–Crippen LogP) is -0.752. The number of anilines is 1. The molecule has 1 fully saturated rings. The van der Waals surface area contributed by atoms with E-state index in [0.717, 1.165) is 0 Å². The molecular weight excluding hydrogens is 184 g/mol. The zero-order valence-corrected chi connectivity index (χ0v) is 7.43. The lowest BCUT2D eigenvalue weighted by Crippen LogP contribution is -2.28. The molecule has 0 spiro atoms. The fourth-order valence-corrected chi connectivity index (χ4v) is 1.54. The van der Waals surface area contributed by atoms with E-state index in [-0.39, 0.29) is 18.2 Å². The van der Waals surface area contributed by atoms with Crippen molar-refractivity contribution in [2.75, 3.05) is 11.4 Å². The molecule has 0 aromatic carbocycles. The first-order valence-corrected chi connectivity index (χ1v) is 4.27. The lowest BCUT2D eigenvalue weighted by atomic mass is 10.1. The van der Waals surface area contributed by atoms with Crippen LogP contribution in [-0.4, -0.2) is 28.6 Å². The lowest BCUT2D eigenvalue weighted by molar-refractivity contribution is -0.123. The topological polar surface area (TPSA) is 92.1 Å². The van der Waals surface area contributed by atoms with Crippen LogP contribution in [0.15, 0.2) is 12.4 Å². The molecule has 6 heteroatoms. The summed E-state index contributed by atoms with van der Waals surface area (Å²) in [6.45, 7) is 0.355. The Bertz CT molecular complexity index is 359. The first-order valence-electron chi connectivity index (χ1n) is 4.27.